The maximum Gasteiger partial charge on any atom is 0.419 e. The molecule has 2 aliphatic heterocycles. The summed E-state index contributed by atoms with van der Waals surface area (Å²) in [6.07, 6.45) is 2.36. The van der Waals surface area contributed by atoms with E-state index >= 15 is 0 Å². The van der Waals surface area contributed by atoms with Gasteiger partial charge in [0.05, 0.1) is 22.2 Å². The van der Waals surface area contributed by atoms with Crippen molar-refractivity contribution in [3.8, 4) is 0 Å². The summed E-state index contributed by atoms with van der Waals surface area (Å²) in [7, 11) is -1.05. The van der Waals surface area contributed by atoms with E-state index in [1.54, 1.807) is 18.1 Å². The first-order valence-corrected chi connectivity index (χ1v) is 15.4. The largest absolute Gasteiger partial charge is 0.419 e. The van der Waals surface area contributed by atoms with Crippen molar-refractivity contribution >= 4 is 28.6 Å². The number of rotatable bonds is 5. The first kappa shape index (κ1) is 30.9. The molecule has 0 bridgehead atoms. The van der Waals surface area contributed by atoms with Gasteiger partial charge in [0.25, 0.3) is 0 Å². The predicted octanol–water partition coefficient (Wildman–Crippen LogP) is 4.95. The third-order valence-corrected chi connectivity index (χ3v) is 8.48. The highest BCUT2D eigenvalue weighted by molar-refractivity contribution is 7.81. The van der Waals surface area contributed by atoms with Crippen molar-refractivity contribution in [1.82, 2.24) is 19.3 Å². The molecule has 2 unspecified atom stereocenters. The van der Waals surface area contributed by atoms with Crippen LogP contribution in [-0.2, 0) is 17.2 Å². The minimum Gasteiger partial charge on any atom is -0.353 e. The zero-order valence-electron chi connectivity index (χ0n) is 23.9. The standard InChI is InChI=1S/C26H31F4N7OS.C2H6/c1-18-16-19(5-6-21(18)27)22-17-23(33-25(32-22)36-12-14-37(15-13-36)39(2)38)34-8-10-35(11-9-34)24-20(26(28,29)30)4-3-7-31-24;1-2/h3-7,17,19H,8-16H2,1-2H3;1-2H3. The molecule has 41 heavy (non-hydrogen) atoms. The fourth-order valence-electron chi connectivity index (χ4n) is 5.14. The quantitative estimate of drug-likeness (QED) is 0.454. The van der Waals surface area contributed by atoms with Crippen LogP contribution in [0.4, 0.5) is 35.1 Å². The van der Waals surface area contributed by atoms with Crippen LogP contribution in [0.5, 0.6) is 0 Å². The lowest BCUT2D eigenvalue weighted by Crippen LogP contribution is -2.48. The van der Waals surface area contributed by atoms with E-state index in [4.69, 9.17) is 9.97 Å². The Kier molecular flexibility index (Phi) is 10.0. The SMILES string of the molecule is CC.CC1=C(F)C=CC(c2cc(N3CCN(c4ncccc4C(F)(F)F)CC3)nc(N3CCN(S(C)=O)CC3)n2)C1. The van der Waals surface area contributed by atoms with Crippen LogP contribution in [0.3, 0.4) is 0 Å². The third-order valence-electron chi connectivity index (χ3n) is 7.39. The number of nitrogens with zero attached hydrogens (tertiary/aromatic N) is 7. The van der Waals surface area contributed by atoms with Gasteiger partial charge < -0.3 is 14.7 Å². The summed E-state index contributed by atoms with van der Waals surface area (Å²) < 4.78 is 68.5. The summed E-state index contributed by atoms with van der Waals surface area (Å²) in [6, 6.07) is 4.26. The molecule has 8 nitrogen and oxygen atoms in total. The number of allylic oxidation sites excluding steroid dienone is 4. The third kappa shape index (κ3) is 7.24. The van der Waals surface area contributed by atoms with Gasteiger partial charge in [-0.3, -0.25) is 0 Å². The Labute approximate surface area is 241 Å². The molecule has 2 fully saturated rings. The predicted molar refractivity (Wildman–Crippen MR) is 155 cm³/mol. The summed E-state index contributed by atoms with van der Waals surface area (Å²) in [5.74, 6) is 0.842. The molecule has 5 rings (SSSR count). The zero-order chi connectivity index (χ0) is 29.7. The number of piperazine rings is 2. The number of alkyl halides is 3. The van der Waals surface area contributed by atoms with E-state index in [9.17, 15) is 21.8 Å². The molecule has 2 aromatic heterocycles. The zero-order valence-corrected chi connectivity index (χ0v) is 24.7. The molecular formula is C28H37F4N7OS. The number of hydrogen-bond donors (Lipinski definition) is 0. The first-order chi connectivity index (χ1) is 19.6. The van der Waals surface area contributed by atoms with Crippen LogP contribution < -0.4 is 14.7 Å². The summed E-state index contributed by atoms with van der Waals surface area (Å²) in [5.41, 5.74) is 0.691. The summed E-state index contributed by atoms with van der Waals surface area (Å²) in [5, 5.41) is 0. The fraction of sp³-hybridized carbons (Fsp3) is 0.536. The van der Waals surface area contributed by atoms with Crippen molar-refractivity contribution in [2.24, 2.45) is 0 Å². The van der Waals surface area contributed by atoms with Crippen molar-refractivity contribution < 1.29 is 21.8 Å². The van der Waals surface area contributed by atoms with Crippen LogP contribution in [-0.4, -0.2) is 82.1 Å². The average Bonchev–Trinajstić information content (AvgIpc) is 2.99. The van der Waals surface area contributed by atoms with E-state index in [1.165, 1.54) is 18.3 Å². The second kappa shape index (κ2) is 13.3. The van der Waals surface area contributed by atoms with E-state index in [0.717, 1.165) is 11.8 Å². The maximum atomic E-state index is 14.0. The number of hydrogen-bond acceptors (Lipinski definition) is 7. The van der Waals surface area contributed by atoms with Crippen LogP contribution in [0.1, 0.15) is 44.4 Å². The number of aromatic nitrogens is 3. The maximum absolute atomic E-state index is 14.0. The number of anilines is 3. The second-order valence-corrected chi connectivity index (χ2v) is 11.3. The summed E-state index contributed by atoms with van der Waals surface area (Å²) >= 11 is 0. The Balaban J connectivity index is 0.00000189. The van der Waals surface area contributed by atoms with Gasteiger partial charge >= 0.3 is 6.18 Å². The summed E-state index contributed by atoms with van der Waals surface area (Å²) in [6.45, 7) is 9.86. The second-order valence-electron chi connectivity index (χ2n) is 9.94. The highest BCUT2D eigenvalue weighted by Gasteiger charge is 2.36. The fourth-order valence-corrected chi connectivity index (χ4v) is 5.81. The molecule has 2 atom stereocenters. The van der Waals surface area contributed by atoms with Crippen molar-refractivity contribution in [3.63, 3.8) is 0 Å². The molecule has 1 aliphatic carbocycles. The number of halogens is 4. The summed E-state index contributed by atoms with van der Waals surface area (Å²) in [4.78, 5) is 19.5. The van der Waals surface area contributed by atoms with Crippen molar-refractivity contribution in [1.29, 1.82) is 0 Å². The molecule has 0 aromatic carbocycles. The molecule has 0 spiro atoms. The molecule has 2 aromatic rings. The molecule has 0 radical (unpaired) electrons. The van der Waals surface area contributed by atoms with Gasteiger partial charge in [0.2, 0.25) is 5.95 Å². The molecule has 13 heteroatoms. The average molecular weight is 596 g/mol. The van der Waals surface area contributed by atoms with Gasteiger partial charge in [0, 0.05) is 76.8 Å². The lowest BCUT2D eigenvalue weighted by atomic mass is 9.91. The Morgan fingerprint density at radius 3 is 2.20 bits per heavy atom. The van der Waals surface area contributed by atoms with Crippen LogP contribution in [0.2, 0.25) is 0 Å². The van der Waals surface area contributed by atoms with Gasteiger partial charge in [-0.05, 0) is 37.1 Å². The molecule has 3 aliphatic rings. The van der Waals surface area contributed by atoms with Gasteiger partial charge in [-0.1, -0.05) is 19.9 Å². The van der Waals surface area contributed by atoms with Gasteiger partial charge in [0.1, 0.15) is 17.5 Å². The molecule has 0 amide bonds. The Morgan fingerprint density at radius 2 is 1.59 bits per heavy atom. The van der Waals surface area contributed by atoms with E-state index in [2.05, 4.69) is 14.8 Å². The van der Waals surface area contributed by atoms with Gasteiger partial charge in [-0.2, -0.15) is 18.2 Å². The minimum absolute atomic E-state index is 0.0588. The molecule has 0 N–H and O–H groups in total. The lowest BCUT2D eigenvalue weighted by Gasteiger charge is -2.38. The van der Waals surface area contributed by atoms with Crippen LogP contribution >= 0.6 is 0 Å². The molecule has 0 saturated carbocycles. The Bertz CT molecular complexity index is 1290. The molecule has 2 saturated heterocycles. The normalized spacial score (nSPS) is 21.1. The van der Waals surface area contributed by atoms with Crippen molar-refractivity contribution in [2.45, 2.75) is 39.3 Å². The van der Waals surface area contributed by atoms with Gasteiger partial charge in [0.15, 0.2) is 0 Å². The van der Waals surface area contributed by atoms with Crippen molar-refractivity contribution in [2.75, 3.05) is 73.3 Å². The van der Waals surface area contributed by atoms with E-state index in [0.29, 0.717) is 76.1 Å². The molecule has 224 valence electrons. The van der Waals surface area contributed by atoms with Crippen molar-refractivity contribution in [3.05, 3.63) is 59.2 Å². The van der Waals surface area contributed by atoms with Crippen LogP contribution in [0.15, 0.2) is 47.9 Å². The smallest absolute Gasteiger partial charge is 0.353 e. The minimum atomic E-state index is -4.48. The Morgan fingerprint density at radius 1 is 0.951 bits per heavy atom. The van der Waals surface area contributed by atoms with E-state index in [-0.39, 0.29) is 17.6 Å². The van der Waals surface area contributed by atoms with Crippen LogP contribution in [0.25, 0.3) is 0 Å². The van der Waals surface area contributed by atoms with Crippen LogP contribution in [0, 0.1) is 0 Å². The lowest BCUT2D eigenvalue weighted by molar-refractivity contribution is -0.137. The van der Waals surface area contributed by atoms with Gasteiger partial charge in [-0.15, -0.1) is 0 Å². The topological polar surface area (TPSA) is 68.7 Å². The molecule has 4 heterocycles. The highest BCUT2D eigenvalue weighted by atomic mass is 32.2. The number of pyridine rings is 1. The molecular weight excluding hydrogens is 558 g/mol. The monoisotopic (exact) mass is 595 g/mol. The Hall–Kier alpha value is -3.06. The van der Waals surface area contributed by atoms with Gasteiger partial charge in [-0.25, -0.2) is 22.9 Å². The van der Waals surface area contributed by atoms with E-state index in [1.807, 2.05) is 30.3 Å². The van der Waals surface area contributed by atoms with E-state index < -0.39 is 22.7 Å². The first-order valence-electron chi connectivity index (χ1n) is 13.9. The highest BCUT2D eigenvalue weighted by Crippen LogP contribution is 2.36.